The van der Waals surface area contributed by atoms with Crippen LogP contribution in [-0.4, -0.2) is 67.5 Å². The van der Waals surface area contributed by atoms with Gasteiger partial charge in [0.2, 0.25) is 0 Å². The normalized spacial score (nSPS) is 21.2. The Kier molecular flexibility index (Phi) is 25.4. The van der Waals surface area contributed by atoms with E-state index in [2.05, 4.69) is 65.8 Å². The minimum Gasteiger partial charge on any atom is -0.455 e. The number of rotatable bonds is 34. The molecule has 0 aliphatic carbocycles. The molecule has 0 saturated carbocycles. The summed E-state index contributed by atoms with van der Waals surface area (Å²) in [6, 6.07) is 0. The number of carbonyl (C=O) groups excluding carboxylic acids is 1. The first-order chi connectivity index (χ1) is 26.0. The van der Waals surface area contributed by atoms with Crippen LogP contribution in [0.15, 0.2) is 11.6 Å². The van der Waals surface area contributed by atoms with Crippen LogP contribution in [0.1, 0.15) is 181 Å². The molecule has 2 aliphatic heterocycles. The maximum Gasteiger partial charge on any atom is 0.334 e. The molecule has 324 valence electrons. The zero-order valence-corrected chi connectivity index (χ0v) is 41.4. The van der Waals surface area contributed by atoms with Crippen LogP contribution in [-0.2, 0) is 27.5 Å². The van der Waals surface area contributed by atoms with Crippen LogP contribution in [0, 0.1) is 0 Å². The number of hydrogen-bond acceptors (Lipinski definition) is 6. The summed E-state index contributed by atoms with van der Waals surface area (Å²) in [5.41, 5.74) is 0.885. The predicted octanol–water partition coefficient (Wildman–Crippen LogP) is 14.4. The van der Waals surface area contributed by atoms with Crippen LogP contribution in [0.5, 0.6) is 0 Å². The summed E-state index contributed by atoms with van der Waals surface area (Å²) in [6.45, 7) is 25.3. The molecule has 2 aliphatic rings. The highest BCUT2D eigenvalue weighted by molar-refractivity contribution is 6.70. The highest BCUT2D eigenvalue weighted by Gasteiger charge is 2.39. The van der Waals surface area contributed by atoms with Crippen molar-refractivity contribution in [3.8, 4) is 0 Å². The second kappa shape index (κ2) is 27.5. The van der Waals surface area contributed by atoms with Crippen molar-refractivity contribution < 1.29 is 27.5 Å². The van der Waals surface area contributed by atoms with E-state index in [0.29, 0.717) is 6.10 Å². The minimum absolute atomic E-state index is 0.0420. The van der Waals surface area contributed by atoms with Crippen molar-refractivity contribution in [1.82, 2.24) is 0 Å². The van der Waals surface area contributed by atoms with Gasteiger partial charge in [-0.05, 0) is 123 Å². The molecule has 9 heteroatoms. The first kappa shape index (κ1) is 50.8. The summed E-state index contributed by atoms with van der Waals surface area (Å²) in [4.78, 5) is 11.8. The number of carbonyl (C=O) groups is 1. The number of esters is 1. The van der Waals surface area contributed by atoms with Crippen LogP contribution in [0.25, 0.3) is 0 Å². The van der Waals surface area contributed by atoms with Gasteiger partial charge in [-0.15, -0.1) is 0 Å². The van der Waals surface area contributed by atoms with E-state index >= 15 is 0 Å². The molecular formula is C46H92O6Si3. The van der Waals surface area contributed by atoms with Crippen LogP contribution in [0.3, 0.4) is 0 Å². The summed E-state index contributed by atoms with van der Waals surface area (Å²) in [6.07, 6.45) is 35.5. The Morgan fingerprint density at radius 3 is 1.35 bits per heavy atom. The van der Waals surface area contributed by atoms with Crippen molar-refractivity contribution in [3.05, 3.63) is 11.6 Å². The molecule has 0 amide bonds. The summed E-state index contributed by atoms with van der Waals surface area (Å²) < 4.78 is 32.6. The van der Waals surface area contributed by atoms with E-state index in [9.17, 15) is 4.79 Å². The first-order valence-corrected chi connectivity index (χ1v) is 33.8. The average Bonchev–Trinajstić information content (AvgIpc) is 3.69. The third kappa shape index (κ3) is 25.7. The smallest absolute Gasteiger partial charge is 0.334 e. The molecule has 55 heavy (non-hydrogen) atoms. The lowest BCUT2D eigenvalue weighted by Gasteiger charge is -2.33. The molecule has 1 fully saturated rings. The second-order valence-electron chi connectivity index (χ2n) is 20.3. The van der Waals surface area contributed by atoms with E-state index in [1.54, 1.807) is 0 Å². The second-order valence-corrected chi connectivity index (χ2v) is 33.6. The highest BCUT2D eigenvalue weighted by Crippen LogP contribution is 2.33. The predicted molar refractivity (Wildman–Crippen MR) is 243 cm³/mol. The number of hydrogen-bond donors (Lipinski definition) is 0. The Morgan fingerprint density at radius 2 is 0.945 bits per heavy atom. The Hall–Kier alpha value is -0.299. The molecule has 0 N–H and O–H groups in total. The van der Waals surface area contributed by atoms with Gasteiger partial charge < -0.3 is 22.8 Å². The average molecular weight is 825 g/mol. The van der Waals surface area contributed by atoms with Crippen molar-refractivity contribution in [2.24, 2.45) is 0 Å². The third-order valence-electron chi connectivity index (χ3n) is 11.0. The van der Waals surface area contributed by atoms with E-state index in [0.717, 1.165) is 44.1 Å². The van der Waals surface area contributed by atoms with Gasteiger partial charge in [0, 0.05) is 11.7 Å². The maximum absolute atomic E-state index is 11.8. The molecule has 1 unspecified atom stereocenters. The van der Waals surface area contributed by atoms with Crippen LogP contribution >= 0.6 is 0 Å². The summed E-state index contributed by atoms with van der Waals surface area (Å²) in [5, 5.41) is 0. The topological polar surface area (TPSA) is 63.2 Å². The Morgan fingerprint density at radius 1 is 0.564 bits per heavy atom. The fourth-order valence-corrected chi connectivity index (χ4v) is 12.1. The molecule has 0 bridgehead atoms. The number of unbranched alkanes of at least 4 members (excludes halogenated alkanes) is 16. The molecule has 0 aromatic rings. The lowest BCUT2D eigenvalue weighted by molar-refractivity contribution is -0.139. The van der Waals surface area contributed by atoms with Gasteiger partial charge in [-0.1, -0.05) is 122 Å². The molecule has 0 aromatic carbocycles. The van der Waals surface area contributed by atoms with E-state index < -0.39 is 25.0 Å². The maximum atomic E-state index is 11.8. The van der Waals surface area contributed by atoms with Gasteiger partial charge in [-0.2, -0.15) is 0 Å². The van der Waals surface area contributed by atoms with Crippen LogP contribution in [0.4, 0.5) is 0 Å². The molecule has 1 saturated heterocycles. The monoisotopic (exact) mass is 825 g/mol. The van der Waals surface area contributed by atoms with E-state index in [4.69, 9.17) is 22.8 Å². The van der Waals surface area contributed by atoms with Gasteiger partial charge in [0.05, 0.1) is 24.4 Å². The molecule has 0 aromatic heterocycles. The van der Waals surface area contributed by atoms with E-state index in [-0.39, 0.29) is 36.5 Å². The quantitative estimate of drug-likeness (QED) is 0.0366. The summed E-state index contributed by atoms with van der Waals surface area (Å²) in [5.74, 6) is -0.103. The highest BCUT2D eigenvalue weighted by atomic mass is 28.4. The fourth-order valence-electron chi connectivity index (χ4n) is 8.49. The standard InChI is InChI=1S/C46H92O6Si3/c1-12-13-14-15-16-21-24-29-34-44(51-54(6,7)8)42-36-37-43(49-42)45(52-55(9,10)11)35-30-25-28-33-41(50-53(3,4)5)32-27-23-20-18-17-19-22-26-31-40-38-39(2)48-46(40)47/h38-39,41-45H,12-37H2,1-11H3/t39-,41?,42+,43+,44+,45+/m0/s1. The molecule has 6 nitrogen and oxygen atoms in total. The Balaban J connectivity index is 1.73. The van der Waals surface area contributed by atoms with Crippen LogP contribution < -0.4 is 0 Å². The SMILES string of the molecule is CCCCCCCCCC[C@@H](O[Si](C)(C)C)[C@H]1CC[C@H]([C@@H](CCCCCC(CCCCCCCCCCC2=C[C@H](C)OC2=O)O[Si](C)(C)C)O[Si](C)(C)C)O1. The molecular weight excluding hydrogens is 733 g/mol. The molecule has 2 heterocycles. The van der Waals surface area contributed by atoms with Crippen molar-refractivity contribution in [2.75, 3.05) is 0 Å². The first-order valence-electron chi connectivity index (χ1n) is 23.6. The molecule has 0 spiro atoms. The van der Waals surface area contributed by atoms with Crippen molar-refractivity contribution in [2.45, 2.75) is 276 Å². The van der Waals surface area contributed by atoms with Gasteiger partial charge in [-0.3, -0.25) is 0 Å². The zero-order valence-electron chi connectivity index (χ0n) is 38.4. The van der Waals surface area contributed by atoms with Gasteiger partial charge >= 0.3 is 5.97 Å². The van der Waals surface area contributed by atoms with Gasteiger partial charge in [0.15, 0.2) is 25.0 Å². The number of ether oxygens (including phenoxy) is 2. The van der Waals surface area contributed by atoms with Crippen LogP contribution in [0.2, 0.25) is 58.9 Å². The lowest BCUT2D eigenvalue weighted by atomic mass is 9.99. The molecule has 6 atom stereocenters. The van der Waals surface area contributed by atoms with Gasteiger partial charge in [0.25, 0.3) is 0 Å². The van der Waals surface area contributed by atoms with Crippen molar-refractivity contribution >= 4 is 30.9 Å². The molecule has 2 rings (SSSR count). The third-order valence-corrected chi connectivity index (χ3v) is 14.1. The van der Waals surface area contributed by atoms with E-state index in [1.165, 1.54) is 128 Å². The number of cyclic esters (lactones) is 1. The van der Waals surface area contributed by atoms with Crippen molar-refractivity contribution in [1.29, 1.82) is 0 Å². The van der Waals surface area contributed by atoms with E-state index in [1.807, 2.05) is 13.0 Å². The minimum atomic E-state index is -1.71. The zero-order chi connectivity index (χ0) is 40.7. The molecule has 0 radical (unpaired) electrons. The largest absolute Gasteiger partial charge is 0.455 e. The van der Waals surface area contributed by atoms with Crippen molar-refractivity contribution in [3.63, 3.8) is 0 Å². The Labute approximate surface area is 345 Å². The summed E-state index contributed by atoms with van der Waals surface area (Å²) >= 11 is 0. The summed E-state index contributed by atoms with van der Waals surface area (Å²) in [7, 11) is -4.97. The van der Waals surface area contributed by atoms with Gasteiger partial charge in [0.1, 0.15) is 6.10 Å². The van der Waals surface area contributed by atoms with Gasteiger partial charge in [-0.25, -0.2) is 4.79 Å². The Bertz CT molecular complexity index is 1030. The lowest BCUT2D eigenvalue weighted by Crippen LogP contribution is -2.42. The fraction of sp³-hybridized carbons (Fsp3) is 0.935.